The summed E-state index contributed by atoms with van der Waals surface area (Å²) >= 11 is 0. The molecule has 2 aromatic rings. The summed E-state index contributed by atoms with van der Waals surface area (Å²) in [6, 6.07) is 13.1. The number of nitrogens with zero attached hydrogens (tertiary/aromatic N) is 1. The predicted octanol–water partition coefficient (Wildman–Crippen LogP) is 2.79. The smallest absolute Gasteiger partial charge is 0.335 e. The molecule has 120 valence electrons. The molecule has 0 atom stereocenters. The number of carboxylic acids is 1. The average molecular weight is 313 g/mol. The zero-order chi connectivity index (χ0) is 16.2. The lowest BCUT2D eigenvalue weighted by Crippen LogP contribution is -2.21. The third-order valence-electron chi connectivity index (χ3n) is 3.90. The second kappa shape index (κ2) is 6.71. The molecule has 0 saturated carbocycles. The molecular formula is C18H19NO4. The fourth-order valence-corrected chi connectivity index (χ4v) is 2.69. The standard InChI is InChI=1S/C18H19NO4/c1-19(9-8-14-4-2-3-5-15(14)18(20)21)11-13-6-7-16-17(10-13)23-12-22-16/h2-7,10H,8-9,11-12H2,1H3,(H,20,21). The van der Waals surface area contributed by atoms with Crippen LogP contribution in [-0.2, 0) is 13.0 Å². The molecule has 0 saturated heterocycles. The lowest BCUT2D eigenvalue weighted by molar-refractivity contribution is 0.0695. The number of hydrogen-bond donors (Lipinski definition) is 1. The minimum absolute atomic E-state index is 0.278. The van der Waals surface area contributed by atoms with E-state index in [1.807, 2.05) is 37.4 Å². The second-order valence-electron chi connectivity index (χ2n) is 5.64. The maximum absolute atomic E-state index is 11.2. The minimum Gasteiger partial charge on any atom is -0.478 e. The molecule has 5 nitrogen and oxygen atoms in total. The Labute approximate surface area is 135 Å². The van der Waals surface area contributed by atoms with Crippen molar-refractivity contribution in [1.29, 1.82) is 0 Å². The van der Waals surface area contributed by atoms with E-state index in [0.29, 0.717) is 12.0 Å². The van der Waals surface area contributed by atoms with Crippen LogP contribution in [0.25, 0.3) is 0 Å². The Morgan fingerprint density at radius 3 is 2.78 bits per heavy atom. The number of aromatic carboxylic acids is 1. The molecule has 0 unspecified atom stereocenters. The van der Waals surface area contributed by atoms with E-state index in [2.05, 4.69) is 4.90 Å². The Bertz CT molecular complexity index is 714. The fourth-order valence-electron chi connectivity index (χ4n) is 2.69. The molecule has 1 N–H and O–H groups in total. The summed E-state index contributed by atoms with van der Waals surface area (Å²) < 4.78 is 10.7. The number of likely N-dealkylation sites (N-methyl/N-ethyl adjacent to an activating group) is 1. The molecule has 1 aliphatic heterocycles. The van der Waals surface area contributed by atoms with Crippen molar-refractivity contribution in [1.82, 2.24) is 4.90 Å². The molecule has 0 radical (unpaired) electrons. The number of fused-ring (bicyclic) bond motifs is 1. The van der Waals surface area contributed by atoms with Crippen molar-refractivity contribution >= 4 is 5.97 Å². The first-order valence-corrected chi connectivity index (χ1v) is 7.52. The molecule has 2 aromatic carbocycles. The second-order valence-corrected chi connectivity index (χ2v) is 5.64. The number of ether oxygens (including phenoxy) is 2. The van der Waals surface area contributed by atoms with Gasteiger partial charge in [-0.3, -0.25) is 0 Å². The monoisotopic (exact) mass is 313 g/mol. The summed E-state index contributed by atoms with van der Waals surface area (Å²) in [7, 11) is 2.02. The van der Waals surface area contributed by atoms with E-state index in [4.69, 9.17) is 9.47 Å². The van der Waals surface area contributed by atoms with Gasteiger partial charge < -0.3 is 19.5 Å². The van der Waals surface area contributed by atoms with E-state index in [1.54, 1.807) is 12.1 Å². The first-order valence-electron chi connectivity index (χ1n) is 7.52. The molecule has 0 bridgehead atoms. The molecule has 3 rings (SSSR count). The summed E-state index contributed by atoms with van der Waals surface area (Å²) in [5.41, 5.74) is 2.38. The normalized spacial score (nSPS) is 12.6. The van der Waals surface area contributed by atoms with Crippen molar-refractivity contribution in [3.05, 3.63) is 59.2 Å². The highest BCUT2D eigenvalue weighted by Crippen LogP contribution is 2.32. The largest absolute Gasteiger partial charge is 0.478 e. The van der Waals surface area contributed by atoms with E-state index in [9.17, 15) is 9.90 Å². The van der Waals surface area contributed by atoms with Crippen molar-refractivity contribution < 1.29 is 19.4 Å². The highest BCUT2D eigenvalue weighted by molar-refractivity contribution is 5.89. The maximum atomic E-state index is 11.2. The van der Waals surface area contributed by atoms with Gasteiger partial charge in [0, 0.05) is 13.1 Å². The van der Waals surface area contributed by atoms with E-state index in [-0.39, 0.29) is 6.79 Å². The van der Waals surface area contributed by atoms with E-state index >= 15 is 0 Å². The first-order chi connectivity index (χ1) is 11.1. The molecule has 5 heteroatoms. The van der Waals surface area contributed by atoms with Crippen LogP contribution >= 0.6 is 0 Å². The lowest BCUT2D eigenvalue weighted by atomic mass is 10.0. The van der Waals surface area contributed by atoms with Gasteiger partial charge in [-0.05, 0) is 42.8 Å². The van der Waals surface area contributed by atoms with Crippen LogP contribution in [0.5, 0.6) is 11.5 Å². The summed E-state index contributed by atoms with van der Waals surface area (Å²) in [6.45, 7) is 1.82. The van der Waals surface area contributed by atoms with Crippen LogP contribution in [0.15, 0.2) is 42.5 Å². The van der Waals surface area contributed by atoms with Crippen LogP contribution in [0.1, 0.15) is 21.5 Å². The van der Waals surface area contributed by atoms with Gasteiger partial charge in [0.15, 0.2) is 11.5 Å². The zero-order valence-electron chi connectivity index (χ0n) is 13.0. The molecule has 23 heavy (non-hydrogen) atoms. The first kappa shape index (κ1) is 15.4. The van der Waals surface area contributed by atoms with Gasteiger partial charge in [0.05, 0.1) is 5.56 Å². The highest BCUT2D eigenvalue weighted by Gasteiger charge is 2.14. The van der Waals surface area contributed by atoms with Gasteiger partial charge in [-0.1, -0.05) is 24.3 Å². The summed E-state index contributed by atoms with van der Waals surface area (Å²) in [6.07, 6.45) is 0.698. The average Bonchev–Trinajstić information content (AvgIpc) is 3.00. The Hall–Kier alpha value is -2.53. The molecular weight excluding hydrogens is 294 g/mol. The number of hydrogen-bond acceptors (Lipinski definition) is 4. The van der Waals surface area contributed by atoms with Gasteiger partial charge in [0.2, 0.25) is 6.79 Å². The third-order valence-corrected chi connectivity index (χ3v) is 3.90. The zero-order valence-corrected chi connectivity index (χ0v) is 13.0. The molecule has 1 heterocycles. The van der Waals surface area contributed by atoms with Crippen LogP contribution in [0.4, 0.5) is 0 Å². The van der Waals surface area contributed by atoms with Gasteiger partial charge >= 0.3 is 5.97 Å². The topological polar surface area (TPSA) is 59.0 Å². The van der Waals surface area contributed by atoms with Gasteiger partial charge in [0.25, 0.3) is 0 Å². The van der Waals surface area contributed by atoms with Crippen molar-refractivity contribution in [2.45, 2.75) is 13.0 Å². The highest BCUT2D eigenvalue weighted by atomic mass is 16.7. The SMILES string of the molecule is CN(CCc1ccccc1C(=O)O)Cc1ccc2c(c1)OCO2. The van der Waals surface area contributed by atoms with Crippen LogP contribution in [0.2, 0.25) is 0 Å². The van der Waals surface area contributed by atoms with Crippen molar-refractivity contribution in [3.8, 4) is 11.5 Å². The van der Waals surface area contributed by atoms with E-state index in [0.717, 1.165) is 35.7 Å². The summed E-state index contributed by atoms with van der Waals surface area (Å²) in [5, 5.41) is 9.22. The summed E-state index contributed by atoms with van der Waals surface area (Å²) in [4.78, 5) is 13.4. The minimum atomic E-state index is -0.876. The van der Waals surface area contributed by atoms with Crippen molar-refractivity contribution in [2.75, 3.05) is 20.4 Å². The van der Waals surface area contributed by atoms with Crippen LogP contribution in [0.3, 0.4) is 0 Å². The lowest BCUT2D eigenvalue weighted by Gasteiger charge is -2.17. The Balaban J connectivity index is 1.60. The van der Waals surface area contributed by atoms with Crippen molar-refractivity contribution in [2.24, 2.45) is 0 Å². The van der Waals surface area contributed by atoms with E-state index < -0.39 is 5.97 Å². The molecule has 0 amide bonds. The van der Waals surface area contributed by atoms with E-state index in [1.165, 1.54) is 0 Å². The van der Waals surface area contributed by atoms with Gasteiger partial charge in [0.1, 0.15) is 0 Å². The number of carbonyl (C=O) groups is 1. The number of rotatable bonds is 6. The van der Waals surface area contributed by atoms with Crippen LogP contribution in [0, 0.1) is 0 Å². The third kappa shape index (κ3) is 3.63. The molecule has 0 fully saturated rings. The molecule has 0 aliphatic carbocycles. The van der Waals surface area contributed by atoms with Crippen LogP contribution in [-0.4, -0.2) is 36.4 Å². The van der Waals surface area contributed by atoms with Gasteiger partial charge in [-0.2, -0.15) is 0 Å². The fraction of sp³-hybridized carbons (Fsp3) is 0.278. The maximum Gasteiger partial charge on any atom is 0.335 e. The van der Waals surface area contributed by atoms with Crippen LogP contribution < -0.4 is 9.47 Å². The number of carboxylic acid groups (broad SMARTS) is 1. The quantitative estimate of drug-likeness (QED) is 0.888. The van der Waals surface area contributed by atoms with Crippen molar-refractivity contribution in [3.63, 3.8) is 0 Å². The predicted molar refractivity (Wildman–Crippen MR) is 86.0 cm³/mol. The van der Waals surface area contributed by atoms with Gasteiger partial charge in [-0.25, -0.2) is 4.79 Å². The molecule has 0 spiro atoms. The number of benzene rings is 2. The molecule has 0 aromatic heterocycles. The Morgan fingerprint density at radius 2 is 1.96 bits per heavy atom. The summed E-state index contributed by atoms with van der Waals surface area (Å²) in [5.74, 6) is 0.693. The molecule has 1 aliphatic rings. The van der Waals surface area contributed by atoms with Gasteiger partial charge in [-0.15, -0.1) is 0 Å². The Kier molecular flexibility index (Phi) is 4.48. The Morgan fingerprint density at radius 1 is 1.17 bits per heavy atom.